The Morgan fingerprint density at radius 3 is 2.62 bits per heavy atom. The number of aryl methyl sites for hydroxylation is 1. The van der Waals surface area contributed by atoms with Crippen LogP contribution >= 0.6 is 0 Å². The monoisotopic (exact) mass is 222 g/mol. The van der Waals surface area contributed by atoms with Gasteiger partial charge in [0.25, 0.3) is 0 Å². The Morgan fingerprint density at radius 1 is 1.31 bits per heavy atom. The minimum absolute atomic E-state index is 0.0782. The molecular formula is C13H22N2O. The molecule has 3 nitrogen and oxygen atoms in total. The third-order valence-electron chi connectivity index (χ3n) is 2.61. The van der Waals surface area contributed by atoms with Crippen LogP contribution in [0.5, 0.6) is 5.75 Å². The largest absolute Gasteiger partial charge is 0.493 e. The summed E-state index contributed by atoms with van der Waals surface area (Å²) in [4.78, 5) is 0. The molecule has 1 atom stereocenters. The second-order valence-corrected chi connectivity index (χ2v) is 3.91. The van der Waals surface area contributed by atoms with Crippen molar-refractivity contribution in [2.24, 2.45) is 11.5 Å². The molecule has 0 aliphatic rings. The molecule has 0 saturated carbocycles. The Hall–Kier alpha value is -1.06. The molecule has 0 aliphatic heterocycles. The first kappa shape index (κ1) is 13.0. The van der Waals surface area contributed by atoms with Crippen LogP contribution in [0.3, 0.4) is 0 Å². The van der Waals surface area contributed by atoms with Gasteiger partial charge in [0.05, 0.1) is 6.61 Å². The number of hydrogen-bond acceptors (Lipinski definition) is 3. The van der Waals surface area contributed by atoms with Crippen LogP contribution in [0.4, 0.5) is 0 Å². The summed E-state index contributed by atoms with van der Waals surface area (Å²) in [6.45, 7) is 5.45. The Kier molecular flexibility index (Phi) is 5.29. The van der Waals surface area contributed by atoms with Crippen LogP contribution in [-0.4, -0.2) is 13.2 Å². The van der Waals surface area contributed by atoms with Gasteiger partial charge in [-0.3, -0.25) is 0 Å². The van der Waals surface area contributed by atoms with Crippen LogP contribution in [0.25, 0.3) is 0 Å². The Balaban J connectivity index is 2.88. The third-order valence-corrected chi connectivity index (χ3v) is 2.61. The first-order chi connectivity index (χ1) is 7.72. The van der Waals surface area contributed by atoms with Gasteiger partial charge in [0.2, 0.25) is 0 Å². The van der Waals surface area contributed by atoms with E-state index < -0.39 is 0 Å². The summed E-state index contributed by atoms with van der Waals surface area (Å²) in [5.74, 6) is 0.970. The lowest BCUT2D eigenvalue weighted by Crippen LogP contribution is -2.20. The van der Waals surface area contributed by atoms with Gasteiger partial charge in [-0.15, -0.1) is 0 Å². The van der Waals surface area contributed by atoms with E-state index in [1.165, 1.54) is 5.56 Å². The summed E-state index contributed by atoms with van der Waals surface area (Å²) in [7, 11) is 0. The summed E-state index contributed by atoms with van der Waals surface area (Å²) in [6.07, 6.45) is 1.97. The van der Waals surface area contributed by atoms with Crippen molar-refractivity contribution in [3.8, 4) is 5.75 Å². The smallest absolute Gasteiger partial charge is 0.122 e. The fourth-order valence-corrected chi connectivity index (χ4v) is 1.60. The number of benzene rings is 1. The Morgan fingerprint density at radius 2 is 2.06 bits per heavy atom. The first-order valence-electron chi connectivity index (χ1n) is 5.94. The van der Waals surface area contributed by atoms with Gasteiger partial charge < -0.3 is 16.2 Å². The van der Waals surface area contributed by atoms with Crippen LogP contribution in [0, 0.1) is 0 Å². The molecule has 0 spiro atoms. The van der Waals surface area contributed by atoms with Gasteiger partial charge >= 0.3 is 0 Å². The lowest BCUT2D eigenvalue weighted by atomic mass is 10.0. The molecule has 0 radical (unpaired) electrons. The summed E-state index contributed by atoms with van der Waals surface area (Å²) in [5.41, 5.74) is 13.7. The lowest BCUT2D eigenvalue weighted by molar-refractivity contribution is 0.314. The highest BCUT2D eigenvalue weighted by molar-refractivity contribution is 5.38. The fourth-order valence-electron chi connectivity index (χ4n) is 1.60. The van der Waals surface area contributed by atoms with Crippen molar-refractivity contribution in [1.82, 2.24) is 0 Å². The van der Waals surface area contributed by atoms with Gasteiger partial charge in [-0.2, -0.15) is 0 Å². The number of rotatable bonds is 6. The predicted octanol–water partition coefficient (Wildman–Crippen LogP) is 2.00. The molecule has 1 aromatic carbocycles. The quantitative estimate of drug-likeness (QED) is 0.774. The lowest BCUT2D eigenvalue weighted by Gasteiger charge is -2.14. The molecular weight excluding hydrogens is 200 g/mol. The van der Waals surface area contributed by atoms with Gasteiger partial charge in [0, 0.05) is 12.6 Å². The maximum atomic E-state index is 5.90. The molecule has 0 saturated heterocycles. The van der Waals surface area contributed by atoms with Crippen LogP contribution in [0.15, 0.2) is 18.2 Å². The van der Waals surface area contributed by atoms with E-state index in [9.17, 15) is 0 Å². The van der Waals surface area contributed by atoms with Crippen LogP contribution < -0.4 is 16.2 Å². The number of hydrogen-bond donors (Lipinski definition) is 2. The summed E-state index contributed by atoms with van der Waals surface area (Å²) < 4.78 is 5.67. The van der Waals surface area contributed by atoms with Crippen molar-refractivity contribution in [1.29, 1.82) is 0 Å². The zero-order valence-corrected chi connectivity index (χ0v) is 10.2. The van der Waals surface area contributed by atoms with Crippen molar-refractivity contribution in [3.05, 3.63) is 29.3 Å². The van der Waals surface area contributed by atoms with Crippen LogP contribution in [0.2, 0.25) is 0 Å². The Bertz CT molecular complexity index is 326. The zero-order valence-electron chi connectivity index (χ0n) is 10.2. The topological polar surface area (TPSA) is 61.3 Å². The minimum atomic E-state index is -0.0782. The molecule has 1 rings (SSSR count). The molecule has 90 valence electrons. The molecule has 0 bridgehead atoms. The molecule has 3 heteroatoms. The van der Waals surface area contributed by atoms with E-state index in [-0.39, 0.29) is 6.04 Å². The van der Waals surface area contributed by atoms with E-state index in [0.717, 1.165) is 30.8 Å². The van der Waals surface area contributed by atoms with Crippen molar-refractivity contribution in [2.75, 3.05) is 13.2 Å². The van der Waals surface area contributed by atoms with E-state index in [2.05, 4.69) is 19.9 Å². The maximum Gasteiger partial charge on any atom is 0.122 e. The van der Waals surface area contributed by atoms with Gasteiger partial charge in [-0.25, -0.2) is 0 Å². The third kappa shape index (κ3) is 3.22. The second-order valence-electron chi connectivity index (χ2n) is 3.91. The fraction of sp³-hybridized carbons (Fsp3) is 0.538. The predicted molar refractivity (Wildman–Crippen MR) is 67.6 cm³/mol. The van der Waals surface area contributed by atoms with Crippen LogP contribution in [0.1, 0.15) is 37.4 Å². The second kappa shape index (κ2) is 6.51. The van der Waals surface area contributed by atoms with E-state index in [0.29, 0.717) is 6.54 Å². The molecule has 0 fully saturated rings. The molecule has 0 aliphatic carbocycles. The highest BCUT2D eigenvalue weighted by Crippen LogP contribution is 2.23. The first-order valence-corrected chi connectivity index (χ1v) is 5.94. The highest BCUT2D eigenvalue weighted by atomic mass is 16.5. The standard InChI is InChI=1S/C13H22N2O/c1-3-7-16-13-6-5-11(12(15)9-14)8-10(13)4-2/h5-6,8,12H,3-4,7,9,14-15H2,1-2H3. The zero-order chi connectivity index (χ0) is 12.0. The molecule has 0 amide bonds. The van der Waals surface area contributed by atoms with Gasteiger partial charge in [-0.1, -0.05) is 26.0 Å². The Labute approximate surface area is 97.8 Å². The van der Waals surface area contributed by atoms with Gasteiger partial charge in [-0.05, 0) is 30.0 Å². The maximum absolute atomic E-state index is 5.90. The van der Waals surface area contributed by atoms with E-state index in [4.69, 9.17) is 16.2 Å². The molecule has 4 N–H and O–H groups in total. The van der Waals surface area contributed by atoms with Gasteiger partial charge in [0.1, 0.15) is 5.75 Å². The molecule has 16 heavy (non-hydrogen) atoms. The van der Waals surface area contributed by atoms with Gasteiger partial charge in [0.15, 0.2) is 0 Å². The normalized spacial score (nSPS) is 12.5. The molecule has 1 aromatic rings. The summed E-state index contributed by atoms with van der Waals surface area (Å²) in [5, 5.41) is 0. The highest BCUT2D eigenvalue weighted by Gasteiger charge is 2.08. The SMILES string of the molecule is CCCOc1ccc(C(N)CN)cc1CC. The van der Waals surface area contributed by atoms with Crippen molar-refractivity contribution >= 4 is 0 Å². The average Bonchev–Trinajstić information content (AvgIpc) is 2.35. The molecule has 1 unspecified atom stereocenters. The summed E-state index contributed by atoms with van der Waals surface area (Å²) in [6, 6.07) is 6.02. The molecule has 0 aromatic heterocycles. The van der Waals surface area contributed by atoms with Crippen molar-refractivity contribution in [2.45, 2.75) is 32.7 Å². The minimum Gasteiger partial charge on any atom is -0.493 e. The summed E-state index contributed by atoms with van der Waals surface area (Å²) >= 11 is 0. The van der Waals surface area contributed by atoms with E-state index in [1.54, 1.807) is 0 Å². The number of nitrogens with two attached hydrogens (primary N) is 2. The van der Waals surface area contributed by atoms with Crippen LogP contribution in [-0.2, 0) is 6.42 Å². The number of ether oxygens (including phenoxy) is 1. The van der Waals surface area contributed by atoms with E-state index in [1.807, 2.05) is 12.1 Å². The van der Waals surface area contributed by atoms with E-state index >= 15 is 0 Å². The molecule has 0 heterocycles. The van der Waals surface area contributed by atoms with Crippen molar-refractivity contribution in [3.63, 3.8) is 0 Å². The van der Waals surface area contributed by atoms with Crippen molar-refractivity contribution < 1.29 is 4.74 Å². The average molecular weight is 222 g/mol.